The van der Waals surface area contributed by atoms with Crippen LogP contribution in [0.5, 0.6) is 11.5 Å². The van der Waals surface area contributed by atoms with E-state index >= 15 is 0 Å². The van der Waals surface area contributed by atoms with E-state index in [-0.39, 0.29) is 12.4 Å². The van der Waals surface area contributed by atoms with Crippen LogP contribution in [0.15, 0.2) is 12.1 Å². The first-order valence-electron chi connectivity index (χ1n) is 4.36. The molecule has 0 bridgehead atoms. The zero-order valence-electron chi connectivity index (χ0n) is 7.96. The van der Waals surface area contributed by atoms with Crippen molar-refractivity contribution in [3.05, 3.63) is 22.7 Å². The molecule has 0 aliphatic heterocycles. The van der Waals surface area contributed by atoms with Gasteiger partial charge in [0.15, 0.2) is 11.5 Å². The standard InChI is InChI=1S/C10H13ClO3/c1-14-10-7(3-2-6-12)8(11)4-5-9(10)13/h4-5,12-13H,2-3,6H2,1H3. The Labute approximate surface area is 87.9 Å². The summed E-state index contributed by atoms with van der Waals surface area (Å²) in [5, 5.41) is 18.7. The van der Waals surface area contributed by atoms with Crippen LogP contribution in [0.4, 0.5) is 0 Å². The first-order chi connectivity index (χ1) is 6.70. The molecule has 0 saturated heterocycles. The molecule has 0 fully saturated rings. The number of phenols is 1. The smallest absolute Gasteiger partial charge is 0.165 e. The van der Waals surface area contributed by atoms with Crippen molar-refractivity contribution >= 4 is 11.6 Å². The van der Waals surface area contributed by atoms with Gasteiger partial charge in [-0.05, 0) is 25.0 Å². The van der Waals surface area contributed by atoms with Gasteiger partial charge in [0.05, 0.1) is 7.11 Å². The Morgan fingerprint density at radius 2 is 2.14 bits per heavy atom. The highest BCUT2D eigenvalue weighted by molar-refractivity contribution is 6.31. The lowest BCUT2D eigenvalue weighted by Gasteiger charge is -2.11. The number of hydrogen-bond acceptors (Lipinski definition) is 3. The summed E-state index contributed by atoms with van der Waals surface area (Å²) in [5.74, 6) is 0.468. The number of hydrogen-bond donors (Lipinski definition) is 2. The average Bonchev–Trinajstić information content (AvgIpc) is 2.19. The zero-order valence-corrected chi connectivity index (χ0v) is 8.71. The van der Waals surface area contributed by atoms with Crippen molar-refractivity contribution in [2.24, 2.45) is 0 Å². The highest BCUT2D eigenvalue weighted by atomic mass is 35.5. The van der Waals surface area contributed by atoms with Crippen LogP contribution in [0.25, 0.3) is 0 Å². The summed E-state index contributed by atoms with van der Waals surface area (Å²) in [7, 11) is 1.48. The van der Waals surface area contributed by atoms with E-state index in [2.05, 4.69) is 0 Å². The molecule has 14 heavy (non-hydrogen) atoms. The van der Waals surface area contributed by atoms with Gasteiger partial charge in [0.2, 0.25) is 0 Å². The molecule has 0 spiro atoms. The summed E-state index contributed by atoms with van der Waals surface area (Å²) in [6, 6.07) is 3.11. The van der Waals surface area contributed by atoms with E-state index in [0.29, 0.717) is 23.6 Å². The predicted molar refractivity (Wildman–Crippen MR) is 55.1 cm³/mol. The fraction of sp³-hybridized carbons (Fsp3) is 0.400. The maximum absolute atomic E-state index is 9.47. The van der Waals surface area contributed by atoms with Gasteiger partial charge >= 0.3 is 0 Å². The molecule has 0 saturated carbocycles. The molecule has 0 radical (unpaired) electrons. The largest absolute Gasteiger partial charge is 0.504 e. The lowest BCUT2D eigenvalue weighted by molar-refractivity contribution is 0.287. The van der Waals surface area contributed by atoms with Crippen LogP contribution in [0.1, 0.15) is 12.0 Å². The predicted octanol–water partition coefficient (Wildman–Crippen LogP) is 1.98. The summed E-state index contributed by atoms with van der Waals surface area (Å²) < 4.78 is 5.04. The quantitative estimate of drug-likeness (QED) is 0.809. The van der Waals surface area contributed by atoms with Crippen LogP contribution < -0.4 is 4.74 Å². The number of aliphatic hydroxyl groups excluding tert-OH is 1. The molecule has 1 aromatic rings. The molecule has 0 unspecified atom stereocenters. The SMILES string of the molecule is COc1c(O)ccc(Cl)c1CCCO. The van der Waals surface area contributed by atoms with E-state index in [1.807, 2.05) is 0 Å². The topological polar surface area (TPSA) is 49.7 Å². The van der Waals surface area contributed by atoms with Crippen LogP contribution in [0, 0.1) is 0 Å². The number of benzene rings is 1. The van der Waals surface area contributed by atoms with Gasteiger partial charge in [0, 0.05) is 17.2 Å². The maximum atomic E-state index is 9.47. The van der Waals surface area contributed by atoms with Gasteiger partial charge in [-0.1, -0.05) is 11.6 Å². The van der Waals surface area contributed by atoms with Gasteiger partial charge in [-0.15, -0.1) is 0 Å². The van der Waals surface area contributed by atoms with Gasteiger partial charge in [-0.3, -0.25) is 0 Å². The molecule has 0 amide bonds. The normalized spacial score (nSPS) is 10.2. The summed E-state index contributed by atoms with van der Waals surface area (Å²) in [6.07, 6.45) is 1.19. The third-order valence-corrected chi connectivity index (χ3v) is 2.33. The van der Waals surface area contributed by atoms with Crippen molar-refractivity contribution in [1.82, 2.24) is 0 Å². The Bertz CT molecular complexity index is 312. The Balaban J connectivity index is 3.03. The lowest BCUT2D eigenvalue weighted by Crippen LogP contribution is -1.96. The summed E-state index contributed by atoms with van der Waals surface area (Å²) in [5.41, 5.74) is 0.739. The minimum absolute atomic E-state index is 0.0739. The second-order valence-corrected chi connectivity index (χ2v) is 3.31. The number of aliphatic hydroxyl groups is 1. The molecule has 0 heterocycles. The van der Waals surface area contributed by atoms with Gasteiger partial charge < -0.3 is 14.9 Å². The molecule has 0 aliphatic carbocycles. The molecule has 1 rings (SSSR count). The molecule has 3 nitrogen and oxygen atoms in total. The number of ether oxygens (including phenoxy) is 1. The van der Waals surface area contributed by atoms with Crippen molar-refractivity contribution in [3.63, 3.8) is 0 Å². The van der Waals surface area contributed by atoms with Gasteiger partial charge in [0.1, 0.15) is 0 Å². The average molecular weight is 217 g/mol. The fourth-order valence-electron chi connectivity index (χ4n) is 1.31. The van der Waals surface area contributed by atoms with Crippen molar-refractivity contribution in [1.29, 1.82) is 0 Å². The Morgan fingerprint density at radius 3 is 2.71 bits per heavy atom. The van der Waals surface area contributed by atoms with Crippen LogP contribution in [0.2, 0.25) is 5.02 Å². The number of rotatable bonds is 4. The number of phenolic OH excluding ortho intramolecular Hbond substituents is 1. The second kappa shape index (κ2) is 5.08. The van der Waals surface area contributed by atoms with Crippen LogP contribution >= 0.6 is 11.6 Å². The van der Waals surface area contributed by atoms with Crippen molar-refractivity contribution in [3.8, 4) is 11.5 Å². The highest BCUT2D eigenvalue weighted by Crippen LogP contribution is 2.35. The molecule has 4 heteroatoms. The van der Waals surface area contributed by atoms with Gasteiger partial charge in [-0.2, -0.15) is 0 Å². The van der Waals surface area contributed by atoms with E-state index < -0.39 is 0 Å². The fourth-order valence-corrected chi connectivity index (χ4v) is 1.55. The minimum atomic E-state index is 0.0739. The summed E-state index contributed by atoms with van der Waals surface area (Å²) in [4.78, 5) is 0. The van der Waals surface area contributed by atoms with Crippen LogP contribution in [-0.4, -0.2) is 23.9 Å². The lowest BCUT2D eigenvalue weighted by atomic mass is 10.1. The summed E-state index contributed by atoms with van der Waals surface area (Å²) >= 11 is 5.94. The number of aromatic hydroxyl groups is 1. The van der Waals surface area contributed by atoms with Crippen molar-refractivity contribution in [2.45, 2.75) is 12.8 Å². The van der Waals surface area contributed by atoms with E-state index in [4.69, 9.17) is 21.4 Å². The van der Waals surface area contributed by atoms with Crippen molar-refractivity contribution < 1.29 is 14.9 Å². The van der Waals surface area contributed by atoms with Crippen LogP contribution in [0.3, 0.4) is 0 Å². The molecule has 78 valence electrons. The van der Waals surface area contributed by atoms with Crippen molar-refractivity contribution in [2.75, 3.05) is 13.7 Å². The van der Waals surface area contributed by atoms with Gasteiger partial charge in [0.25, 0.3) is 0 Å². The molecular formula is C10H13ClO3. The Hall–Kier alpha value is -0.930. The monoisotopic (exact) mass is 216 g/mol. The third kappa shape index (κ3) is 2.30. The van der Waals surface area contributed by atoms with Crippen LogP contribution in [-0.2, 0) is 6.42 Å². The minimum Gasteiger partial charge on any atom is -0.504 e. The van der Waals surface area contributed by atoms with E-state index in [1.54, 1.807) is 6.07 Å². The first-order valence-corrected chi connectivity index (χ1v) is 4.73. The molecule has 0 atom stereocenters. The number of halogens is 1. The molecular weight excluding hydrogens is 204 g/mol. The number of methoxy groups -OCH3 is 1. The molecule has 1 aromatic carbocycles. The second-order valence-electron chi connectivity index (χ2n) is 2.91. The Morgan fingerprint density at radius 1 is 1.43 bits per heavy atom. The highest BCUT2D eigenvalue weighted by Gasteiger charge is 2.11. The molecule has 2 N–H and O–H groups in total. The third-order valence-electron chi connectivity index (χ3n) is 1.97. The Kier molecular flexibility index (Phi) is 4.04. The van der Waals surface area contributed by atoms with E-state index in [0.717, 1.165) is 5.56 Å². The van der Waals surface area contributed by atoms with Gasteiger partial charge in [-0.25, -0.2) is 0 Å². The van der Waals surface area contributed by atoms with E-state index in [9.17, 15) is 5.11 Å². The molecule has 0 aliphatic rings. The van der Waals surface area contributed by atoms with E-state index in [1.165, 1.54) is 13.2 Å². The molecule has 0 aromatic heterocycles. The maximum Gasteiger partial charge on any atom is 0.165 e. The first kappa shape index (κ1) is 11.1. The zero-order chi connectivity index (χ0) is 10.6. The summed E-state index contributed by atoms with van der Waals surface area (Å²) in [6.45, 7) is 0.0924.